The van der Waals surface area contributed by atoms with Crippen LogP contribution in [0, 0.1) is 6.92 Å². The summed E-state index contributed by atoms with van der Waals surface area (Å²) in [6.07, 6.45) is 0. The standard InChI is InChI=1S/C24H27NO6/c1-5-31-18-11-10-17(14-19(18)30-4)21-20(22(26)16-8-6-15(2)7-9-16)23(27)24(28)25(21)12-13-29-3/h6-11,14,21,26H,5,12-13H2,1-4H3. The van der Waals surface area contributed by atoms with E-state index in [2.05, 4.69) is 0 Å². The molecule has 1 N–H and O–H groups in total. The van der Waals surface area contributed by atoms with Crippen molar-refractivity contribution in [3.05, 3.63) is 64.7 Å². The second kappa shape index (κ2) is 9.66. The lowest BCUT2D eigenvalue weighted by atomic mass is 9.94. The maximum Gasteiger partial charge on any atom is 0.295 e. The van der Waals surface area contributed by atoms with E-state index >= 15 is 0 Å². The Kier molecular flexibility index (Phi) is 6.97. The largest absolute Gasteiger partial charge is 0.507 e. The van der Waals surface area contributed by atoms with E-state index in [9.17, 15) is 14.7 Å². The smallest absolute Gasteiger partial charge is 0.295 e. The highest BCUT2D eigenvalue weighted by molar-refractivity contribution is 6.46. The summed E-state index contributed by atoms with van der Waals surface area (Å²) in [6, 6.07) is 11.6. The molecule has 0 saturated carbocycles. The Morgan fingerprint density at radius 1 is 1.06 bits per heavy atom. The third-order valence-electron chi connectivity index (χ3n) is 5.20. The fraction of sp³-hybridized carbons (Fsp3) is 0.333. The van der Waals surface area contributed by atoms with Crippen LogP contribution in [0.25, 0.3) is 5.76 Å². The molecule has 1 amide bonds. The van der Waals surface area contributed by atoms with Crippen LogP contribution >= 0.6 is 0 Å². The number of aryl methyl sites for hydroxylation is 1. The number of aliphatic hydroxyl groups excluding tert-OH is 1. The molecular weight excluding hydrogens is 398 g/mol. The Labute approximate surface area is 181 Å². The Morgan fingerprint density at radius 3 is 2.39 bits per heavy atom. The van der Waals surface area contributed by atoms with Crippen LogP contribution in [-0.4, -0.2) is 55.7 Å². The molecule has 1 aliphatic heterocycles. The summed E-state index contributed by atoms with van der Waals surface area (Å²) < 4.78 is 16.2. The van der Waals surface area contributed by atoms with Gasteiger partial charge >= 0.3 is 0 Å². The number of ketones is 1. The highest BCUT2D eigenvalue weighted by Gasteiger charge is 2.46. The quantitative estimate of drug-likeness (QED) is 0.396. The molecule has 0 aliphatic carbocycles. The third-order valence-corrected chi connectivity index (χ3v) is 5.20. The minimum atomic E-state index is -0.777. The van der Waals surface area contributed by atoms with E-state index in [1.165, 1.54) is 19.1 Å². The van der Waals surface area contributed by atoms with Crippen molar-refractivity contribution in [1.29, 1.82) is 0 Å². The molecule has 2 aromatic rings. The number of nitrogens with zero attached hydrogens (tertiary/aromatic N) is 1. The van der Waals surface area contributed by atoms with Crippen molar-refractivity contribution in [1.82, 2.24) is 4.90 Å². The highest BCUT2D eigenvalue weighted by atomic mass is 16.5. The van der Waals surface area contributed by atoms with E-state index in [-0.39, 0.29) is 24.5 Å². The number of likely N-dealkylation sites (tertiary alicyclic amines) is 1. The van der Waals surface area contributed by atoms with E-state index in [4.69, 9.17) is 14.2 Å². The number of ether oxygens (including phenoxy) is 3. The Hall–Kier alpha value is -3.32. The number of benzene rings is 2. The number of methoxy groups -OCH3 is 2. The van der Waals surface area contributed by atoms with Crippen molar-refractivity contribution in [3.63, 3.8) is 0 Å². The van der Waals surface area contributed by atoms with E-state index in [0.717, 1.165) is 5.56 Å². The van der Waals surface area contributed by atoms with Crippen LogP contribution in [0.1, 0.15) is 29.7 Å². The molecule has 7 heteroatoms. The summed E-state index contributed by atoms with van der Waals surface area (Å²) in [5.74, 6) is -0.583. The summed E-state index contributed by atoms with van der Waals surface area (Å²) in [4.78, 5) is 27.2. The molecule has 0 radical (unpaired) electrons. The zero-order chi connectivity index (χ0) is 22.5. The average Bonchev–Trinajstić information content (AvgIpc) is 3.03. The number of Topliss-reactive ketones (excluding diaryl/α,β-unsaturated/α-hetero) is 1. The van der Waals surface area contributed by atoms with E-state index in [0.29, 0.717) is 29.2 Å². The lowest BCUT2D eigenvalue weighted by Gasteiger charge is -2.25. The first-order valence-electron chi connectivity index (χ1n) is 10.1. The Bertz CT molecular complexity index is 996. The van der Waals surface area contributed by atoms with Crippen molar-refractivity contribution >= 4 is 17.4 Å². The van der Waals surface area contributed by atoms with Crippen LogP contribution in [0.3, 0.4) is 0 Å². The molecule has 1 heterocycles. The number of carbonyl (C=O) groups is 2. The van der Waals surface area contributed by atoms with E-state index < -0.39 is 17.7 Å². The molecule has 1 unspecified atom stereocenters. The van der Waals surface area contributed by atoms with Crippen molar-refractivity contribution < 1.29 is 28.9 Å². The number of aliphatic hydroxyl groups is 1. The molecule has 2 aromatic carbocycles. The van der Waals surface area contributed by atoms with Crippen LogP contribution in [0.2, 0.25) is 0 Å². The monoisotopic (exact) mass is 425 g/mol. The van der Waals surface area contributed by atoms with Crippen LogP contribution in [0.15, 0.2) is 48.0 Å². The van der Waals surface area contributed by atoms with Crippen molar-refractivity contribution in [2.45, 2.75) is 19.9 Å². The first-order valence-corrected chi connectivity index (χ1v) is 10.1. The van der Waals surface area contributed by atoms with Gasteiger partial charge in [0.05, 0.1) is 31.9 Å². The average molecular weight is 425 g/mol. The van der Waals surface area contributed by atoms with Crippen LogP contribution in [0.5, 0.6) is 11.5 Å². The van der Waals surface area contributed by atoms with Crippen LogP contribution < -0.4 is 9.47 Å². The van der Waals surface area contributed by atoms with Crippen LogP contribution in [0.4, 0.5) is 0 Å². The zero-order valence-electron chi connectivity index (χ0n) is 18.2. The maximum absolute atomic E-state index is 13.0. The van der Waals surface area contributed by atoms with Gasteiger partial charge in [0.15, 0.2) is 11.5 Å². The molecule has 1 saturated heterocycles. The summed E-state index contributed by atoms with van der Waals surface area (Å²) in [6.45, 7) is 4.72. The van der Waals surface area contributed by atoms with Gasteiger partial charge in [0.25, 0.3) is 11.7 Å². The second-order valence-corrected chi connectivity index (χ2v) is 7.19. The molecule has 164 valence electrons. The normalized spacial score (nSPS) is 17.8. The molecule has 0 aromatic heterocycles. The fourth-order valence-electron chi connectivity index (χ4n) is 3.64. The lowest BCUT2D eigenvalue weighted by molar-refractivity contribution is -0.140. The predicted molar refractivity (Wildman–Crippen MR) is 116 cm³/mol. The third kappa shape index (κ3) is 4.41. The maximum atomic E-state index is 13.0. The molecule has 1 fully saturated rings. The molecule has 7 nitrogen and oxygen atoms in total. The van der Waals surface area contributed by atoms with Gasteiger partial charge in [-0.1, -0.05) is 35.9 Å². The molecule has 31 heavy (non-hydrogen) atoms. The number of hydrogen-bond donors (Lipinski definition) is 1. The lowest BCUT2D eigenvalue weighted by Crippen LogP contribution is -2.32. The summed E-state index contributed by atoms with van der Waals surface area (Å²) in [7, 11) is 3.05. The van der Waals surface area contributed by atoms with E-state index in [1.807, 2.05) is 26.0 Å². The number of hydrogen-bond acceptors (Lipinski definition) is 6. The second-order valence-electron chi connectivity index (χ2n) is 7.19. The number of carbonyl (C=O) groups excluding carboxylic acids is 2. The molecular formula is C24H27NO6. The first-order chi connectivity index (χ1) is 14.9. The minimum absolute atomic E-state index is 0.0381. The van der Waals surface area contributed by atoms with E-state index in [1.54, 1.807) is 30.3 Å². The van der Waals surface area contributed by atoms with Gasteiger partial charge in [-0.3, -0.25) is 9.59 Å². The van der Waals surface area contributed by atoms with Gasteiger partial charge in [0.2, 0.25) is 0 Å². The van der Waals surface area contributed by atoms with Gasteiger partial charge in [0, 0.05) is 19.2 Å². The van der Waals surface area contributed by atoms with Gasteiger partial charge in [-0.2, -0.15) is 0 Å². The summed E-state index contributed by atoms with van der Waals surface area (Å²) in [5, 5.41) is 11.0. The zero-order valence-corrected chi connectivity index (χ0v) is 18.2. The van der Waals surface area contributed by atoms with Gasteiger partial charge < -0.3 is 24.2 Å². The van der Waals surface area contributed by atoms with Gasteiger partial charge in [0.1, 0.15) is 5.76 Å². The number of rotatable bonds is 8. The summed E-state index contributed by atoms with van der Waals surface area (Å²) >= 11 is 0. The molecule has 1 atom stereocenters. The fourth-order valence-corrected chi connectivity index (χ4v) is 3.64. The van der Waals surface area contributed by atoms with Gasteiger partial charge in [-0.25, -0.2) is 0 Å². The molecule has 1 aliphatic rings. The Balaban J connectivity index is 2.17. The minimum Gasteiger partial charge on any atom is -0.507 e. The van der Waals surface area contributed by atoms with Crippen molar-refractivity contribution in [3.8, 4) is 11.5 Å². The van der Waals surface area contributed by atoms with Crippen molar-refractivity contribution in [2.24, 2.45) is 0 Å². The van der Waals surface area contributed by atoms with Crippen LogP contribution in [-0.2, 0) is 14.3 Å². The molecule has 0 bridgehead atoms. The van der Waals surface area contributed by atoms with Gasteiger partial charge in [-0.15, -0.1) is 0 Å². The first kappa shape index (κ1) is 22.4. The topological polar surface area (TPSA) is 85.3 Å². The molecule has 0 spiro atoms. The van der Waals surface area contributed by atoms with Gasteiger partial charge in [-0.05, 0) is 31.5 Å². The van der Waals surface area contributed by atoms with Crippen molar-refractivity contribution in [2.75, 3.05) is 34.0 Å². The summed E-state index contributed by atoms with van der Waals surface area (Å²) in [5.41, 5.74) is 2.16. The predicted octanol–water partition coefficient (Wildman–Crippen LogP) is 3.47. The molecule has 3 rings (SSSR count). The number of amides is 1. The highest BCUT2D eigenvalue weighted by Crippen LogP contribution is 2.41. The SMILES string of the molecule is CCOc1ccc(C2C(=C(O)c3ccc(C)cc3)C(=O)C(=O)N2CCOC)cc1OC. The Morgan fingerprint density at radius 2 is 1.77 bits per heavy atom.